The number of hydrogen-bond donors (Lipinski definition) is 2. The van der Waals surface area contributed by atoms with Crippen LogP contribution < -0.4 is 10.7 Å². The van der Waals surface area contributed by atoms with Gasteiger partial charge in [0.05, 0.1) is 0 Å². The van der Waals surface area contributed by atoms with Crippen molar-refractivity contribution in [2.75, 3.05) is 0 Å². The van der Waals surface area contributed by atoms with Crippen LogP contribution >= 0.6 is 12.2 Å². The Kier molecular flexibility index (Phi) is 6.03. The summed E-state index contributed by atoms with van der Waals surface area (Å²) in [4.78, 5) is 0. The lowest BCUT2D eigenvalue weighted by Gasteiger charge is -2.25. The number of thiocarbonyl (C=S) groups is 1. The Morgan fingerprint density at radius 1 is 0.957 bits per heavy atom. The molecule has 0 aromatic heterocycles. The zero-order valence-electron chi connectivity index (χ0n) is 13.8. The van der Waals surface area contributed by atoms with E-state index in [4.69, 9.17) is 12.2 Å². The summed E-state index contributed by atoms with van der Waals surface area (Å²) in [6.07, 6.45) is 11.0. The zero-order chi connectivity index (χ0) is 15.9. The third-order valence-electron chi connectivity index (χ3n) is 5.09. The molecule has 2 aliphatic rings. The second kappa shape index (κ2) is 8.44. The Bertz CT molecular complexity index is 525. The van der Waals surface area contributed by atoms with Gasteiger partial charge in [-0.05, 0) is 62.2 Å². The van der Waals surface area contributed by atoms with Gasteiger partial charge in [-0.25, -0.2) is 0 Å². The van der Waals surface area contributed by atoms with E-state index >= 15 is 0 Å². The highest BCUT2D eigenvalue weighted by Crippen LogP contribution is 2.31. The summed E-state index contributed by atoms with van der Waals surface area (Å²) >= 11 is 5.37. The van der Waals surface area contributed by atoms with Gasteiger partial charge in [0.1, 0.15) is 0 Å². The smallest absolute Gasteiger partial charge is 0.187 e. The summed E-state index contributed by atoms with van der Waals surface area (Å²) in [5.74, 6) is 0.683. The third-order valence-corrected chi connectivity index (χ3v) is 5.30. The molecule has 23 heavy (non-hydrogen) atoms. The number of rotatable bonds is 3. The van der Waals surface area contributed by atoms with Crippen LogP contribution in [0.4, 0.5) is 0 Å². The molecule has 0 aliphatic heterocycles. The van der Waals surface area contributed by atoms with Crippen LogP contribution in [-0.4, -0.2) is 16.9 Å². The maximum atomic E-state index is 5.37. The molecule has 0 atom stereocenters. The molecule has 0 heterocycles. The molecule has 4 heteroatoms. The fourth-order valence-electron chi connectivity index (χ4n) is 3.72. The molecule has 1 aromatic carbocycles. The Labute approximate surface area is 144 Å². The van der Waals surface area contributed by atoms with Gasteiger partial charge >= 0.3 is 0 Å². The van der Waals surface area contributed by atoms with Gasteiger partial charge in [0, 0.05) is 11.8 Å². The van der Waals surface area contributed by atoms with E-state index in [1.54, 1.807) is 0 Å². The lowest BCUT2D eigenvalue weighted by molar-refractivity contribution is 0.412. The molecule has 0 saturated heterocycles. The minimum Gasteiger partial charge on any atom is -0.359 e. The van der Waals surface area contributed by atoms with Crippen LogP contribution in [0.2, 0.25) is 0 Å². The maximum absolute atomic E-state index is 5.37. The molecule has 0 amide bonds. The van der Waals surface area contributed by atoms with Crippen LogP contribution in [0.15, 0.2) is 35.4 Å². The number of benzene rings is 1. The van der Waals surface area contributed by atoms with Crippen molar-refractivity contribution in [3.63, 3.8) is 0 Å². The van der Waals surface area contributed by atoms with Crippen LogP contribution in [0.5, 0.6) is 0 Å². The van der Waals surface area contributed by atoms with Crippen molar-refractivity contribution >= 4 is 23.0 Å². The van der Waals surface area contributed by atoms with Crippen molar-refractivity contribution in [1.29, 1.82) is 0 Å². The van der Waals surface area contributed by atoms with Crippen LogP contribution in [0.1, 0.15) is 69.3 Å². The first-order chi connectivity index (χ1) is 11.3. The Morgan fingerprint density at radius 3 is 2.35 bits per heavy atom. The first-order valence-corrected chi connectivity index (χ1v) is 9.39. The monoisotopic (exact) mass is 329 g/mol. The summed E-state index contributed by atoms with van der Waals surface area (Å²) < 4.78 is 0. The van der Waals surface area contributed by atoms with Crippen molar-refractivity contribution in [2.24, 2.45) is 5.10 Å². The van der Waals surface area contributed by atoms with E-state index in [1.807, 2.05) is 0 Å². The van der Waals surface area contributed by atoms with Gasteiger partial charge in [-0.3, -0.25) is 5.43 Å². The molecule has 2 saturated carbocycles. The van der Waals surface area contributed by atoms with Crippen molar-refractivity contribution in [1.82, 2.24) is 10.7 Å². The summed E-state index contributed by atoms with van der Waals surface area (Å²) in [6.45, 7) is 0. The van der Waals surface area contributed by atoms with Crippen LogP contribution in [0, 0.1) is 0 Å². The number of nitrogens with zero attached hydrogens (tertiary/aromatic N) is 1. The van der Waals surface area contributed by atoms with Crippen LogP contribution in [0.3, 0.4) is 0 Å². The maximum Gasteiger partial charge on any atom is 0.187 e. The Hall–Kier alpha value is -1.42. The second-order valence-electron chi connectivity index (χ2n) is 6.78. The average molecular weight is 330 g/mol. The van der Waals surface area contributed by atoms with Crippen LogP contribution in [0.25, 0.3) is 0 Å². The summed E-state index contributed by atoms with van der Waals surface area (Å²) in [5.41, 5.74) is 5.78. The molecule has 0 spiro atoms. The van der Waals surface area contributed by atoms with Crippen LogP contribution in [-0.2, 0) is 0 Å². The van der Waals surface area contributed by atoms with Crippen molar-refractivity contribution in [3.05, 3.63) is 35.9 Å². The SMILES string of the molecule is S=C(NN=C1CCC(c2ccccc2)CC1)NC1CCCCC1. The van der Waals surface area contributed by atoms with E-state index in [0.717, 1.165) is 12.8 Å². The van der Waals surface area contributed by atoms with Crippen molar-refractivity contribution < 1.29 is 0 Å². The highest BCUT2D eigenvalue weighted by molar-refractivity contribution is 7.80. The Balaban J connectivity index is 1.42. The minimum absolute atomic E-state index is 0.540. The predicted octanol–water partition coefficient (Wildman–Crippen LogP) is 4.50. The largest absolute Gasteiger partial charge is 0.359 e. The number of hydrazone groups is 1. The van der Waals surface area contributed by atoms with E-state index < -0.39 is 0 Å². The molecular formula is C19H27N3S. The van der Waals surface area contributed by atoms with Gasteiger partial charge in [0.25, 0.3) is 0 Å². The molecule has 0 unspecified atom stereocenters. The standard InChI is InChI=1S/C19H27N3S/c23-19(20-17-9-5-2-6-10-17)22-21-18-13-11-16(12-14-18)15-7-3-1-4-8-15/h1,3-4,7-8,16-17H,2,5-6,9-14H2,(H2,20,22,23). The number of nitrogens with one attached hydrogen (secondary N) is 2. The minimum atomic E-state index is 0.540. The molecular weight excluding hydrogens is 302 g/mol. The molecule has 2 N–H and O–H groups in total. The normalized spacial score (nSPS) is 22.4. The van der Waals surface area contributed by atoms with Gasteiger partial charge < -0.3 is 5.32 Å². The molecule has 2 aliphatic carbocycles. The quantitative estimate of drug-likeness (QED) is 0.633. The molecule has 1 aromatic rings. The van der Waals surface area contributed by atoms with Crippen molar-refractivity contribution in [3.8, 4) is 0 Å². The Morgan fingerprint density at radius 2 is 1.65 bits per heavy atom. The van der Waals surface area contributed by atoms with Gasteiger partial charge in [0.2, 0.25) is 0 Å². The lowest BCUT2D eigenvalue weighted by atomic mass is 9.83. The van der Waals surface area contributed by atoms with Gasteiger partial charge in [-0.1, -0.05) is 49.6 Å². The van der Waals surface area contributed by atoms with E-state index in [9.17, 15) is 0 Å². The topological polar surface area (TPSA) is 36.4 Å². The van der Waals surface area contributed by atoms with E-state index in [-0.39, 0.29) is 0 Å². The highest BCUT2D eigenvalue weighted by Gasteiger charge is 2.19. The van der Waals surface area contributed by atoms with Gasteiger partial charge in [-0.2, -0.15) is 5.10 Å². The van der Waals surface area contributed by atoms with Gasteiger partial charge in [-0.15, -0.1) is 0 Å². The fraction of sp³-hybridized carbons (Fsp3) is 0.579. The summed E-state index contributed by atoms with van der Waals surface area (Å²) in [7, 11) is 0. The first-order valence-electron chi connectivity index (χ1n) is 8.98. The molecule has 3 rings (SSSR count). The summed E-state index contributed by atoms with van der Waals surface area (Å²) in [5, 5.41) is 8.64. The average Bonchev–Trinajstić information content (AvgIpc) is 2.62. The first kappa shape index (κ1) is 16.4. The highest BCUT2D eigenvalue weighted by atomic mass is 32.1. The second-order valence-corrected chi connectivity index (χ2v) is 7.19. The molecule has 0 bridgehead atoms. The zero-order valence-corrected chi connectivity index (χ0v) is 14.6. The third kappa shape index (κ3) is 5.03. The van der Waals surface area contributed by atoms with E-state index in [2.05, 4.69) is 46.2 Å². The number of hydrogen-bond acceptors (Lipinski definition) is 2. The van der Waals surface area contributed by atoms with Gasteiger partial charge in [0.15, 0.2) is 5.11 Å². The predicted molar refractivity (Wildman–Crippen MR) is 101 cm³/mol. The molecule has 3 nitrogen and oxygen atoms in total. The van der Waals surface area contributed by atoms with E-state index in [1.165, 1.54) is 56.2 Å². The lowest BCUT2D eigenvalue weighted by Crippen LogP contribution is -2.41. The fourth-order valence-corrected chi connectivity index (χ4v) is 3.93. The molecule has 124 valence electrons. The summed E-state index contributed by atoms with van der Waals surface area (Å²) in [6, 6.07) is 11.4. The molecule has 2 fully saturated rings. The van der Waals surface area contributed by atoms with Crippen molar-refractivity contribution in [2.45, 2.75) is 69.7 Å². The molecule has 0 radical (unpaired) electrons. The van der Waals surface area contributed by atoms with E-state index in [0.29, 0.717) is 17.1 Å².